The minimum Gasteiger partial charge on any atom is -0.456 e. The van der Waals surface area contributed by atoms with Crippen molar-refractivity contribution in [3.8, 4) is 0 Å². The predicted molar refractivity (Wildman–Crippen MR) is 83.2 cm³/mol. The van der Waals surface area contributed by atoms with Crippen LogP contribution in [0.2, 0.25) is 0 Å². The third kappa shape index (κ3) is 3.36. The molecule has 0 saturated heterocycles. The second kappa shape index (κ2) is 6.34. The van der Waals surface area contributed by atoms with E-state index >= 15 is 0 Å². The second-order valence-electron chi connectivity index (χ2n) is 4.14. The zero-order valence-corrected chi connectivity index (χ0v) is 13.2. The summed E-state index contributed by atoms with van der Waals surface area (Å²) < 4.78 is 6.31. The number of carbonyl (C=O) groups excluding carboxylic acids is 1. The van der Waals surface area contributed by atoms with E-state index in [1.54, 1.807) is 17.8 Å². The Bertz CT molecular complexity index is 643. The van der Waals surface area contributed by atoms with Crippen LogP contribution in [0.25, 0.3) is 0 Å². The predicted octanol–water partition coefficient (Wildman–Crippen LogP) is 2.83. The molecule has 2 rings (SSSR count). The maximum Gasteiger partial charge on any atom is 0.300 e. The number of thioether (sulfide) groups is 1. The Kier molecular flexibility index (Phi) is 4.74. The van der Waals surface area contributed by atoms with Crippen molar-refractivity contribution in [1.29, 1.82) is 0 Å². The molecular weight excluding hydrogens is 342 g/mol. The first kappa shape index (κ1) is 15.0. The van der Waals surface area contributed by atoms with Gasteiger partial charge in [0, 0.05) is 26.4 Å². The molecule has 0 radical (unpaired) electrons. The van der Waals surface area contributed by atoms with E-state index in [0.717, 1.165) is 14.9 Å². The van der Waals surface area contributed by atoms with Crippen LogP contribution in [0.3, 0.4) is 0 Å². The van der Waals surface area contributed by atoms with E-state index in [1.807, 2.05) is 30.5 Å². The molecule has 5 N–H and O–H groups in total. The summed E-state index contributed by atoms with van der Waals surface area (Å²) in [6.07, 6.45) is 0. The highest BCUT2D eigenvalue weighted by Gasteiger charge is 2.13. The van der Waals surface area contributed by atoms with Gasteiger partial charge in [-0.05, 0) is 31.2 Å². The number of nitrogen functional groups attached to an aromatic ring is 2. The third-order valence-electron chi connectivity index (χ3n) is 2.73. The molecule has 0 bridgehead atoms. The molecule has 0 fully saturated rings. The van der Waals surface area contributed by atoms with Crippen molar-refractivity contribution in [1.82, 2.24) is 5.43 Å². The Morgan fingerprint density at radius 2 is 2.20 bits per heavy atom. The van der Waals surface area contributed by atoms with Crippen LogP contribution in [-0.4, -0.2) is 5.91 Å². The molecule has 1 aromatic heterocycles. The second-order valence-corrected chi connectivity index (χ2v) is 6.07. The van der Waals surface area contributed by atoms with Crippen LogP contribution in [0.4, 0.5) is 5.69 Å². The minimum absolute atomic E-state index is 0.212. The summed E-state index contributed by atoms with van der Waals surface area (Å²) in [6, 6.07) is 7.44. The van der Waals surface area contributed by atoms with Crippen LogP contribution in [0, 0.1) is 6.92 Å². The Labute approximate surface area is 129 Å². The van der Waals surface area contributed by atoms with E-state index in [1.165, 1.54) is 0 Å². The van der Waals surface area contributed by atoms with E-state index in [4.69, 9.17) is 16.0 Å². The molecule has 20 heavy (non-hydrogen) atoms. The third-order valence-corrected chi connectivity index (χ3v) is 4.36. The number of aryl methyl sites for hydroxylation is 1. The molecule has 106 valence electrons. The van der Waals surface area contributed by atoms with Gasteiger partial charge in [-0.2, -0.15) is 0 Å². The molecule has 1 aromatic carbocycles. The number of nitrogens with two attached hydrogens (primary N) is 2. The number of rotatable bonds is 4. The lowest BCUT2D eigenvalue weighted by Gasteiger charge is -2.05. The molecule has 0 aliphatic rings. The van der Waals surface area contributed by atoms with Crippen LogP contribution >= 0.6 is 27.7 Å². The lowest BCUT2D eigenvalue weighted by Crippen LogP contribution is -2.29. The largest absolute Gasteiger partial charge is 0.456 e. The molecule has 0 aliphatic heterocycles. The van der Waals surface area contributed by atoms with Gasteiger partial charge in [-0.15, -0.1) is 11.8 Å². The number of carbonyl (C=O) groups is 1. The van der Waals surface area contributed by atoms with Gasteiger partial charge in [0.05, 0.1) is 0 Å². The highest BCUT2D eigenvalue weighted by atomic mass is 79.9. The van der Waals surface area contributed by atoms with Crippen LogP contribution in [0.1, 0.15) is 21.9 Å². The summed E-state index contributed by atoms with van der Waals surface area (Å²) in [5.74, 6) is 6.22. The number of halogens is 1. The lowest BCUT2D eigenvalue weighted by molar-refractivity contribution is 0.0924. The molecule has 5 nitrogen and oxygen atoms in total. The van der Waals surface area contributed by atoms with Crippen LogP contribution < -0.4 is 17.0 Å². The van der Waals surface area contributed by atoms with E-state index < -0.39 is 5.91 Å². The van der Waals surface area contributed by atoms with Crippen LogP contribution in [-0.2, 0) is 5.75 Å². The first-order valence-electron chi connectivity index (χ1n) is 5.79. The first-order chi connectivity index (χ1) is 9.51. The standard InChI is InChI=1S/C13H14BrN3O2S/c1-7-8(4-11(19-7)13(18)17-16)6-20-12-3-2-9(14)5-10(12)15/h2-5H,6,15-16H2,1H3,(H,17,18). The van der Waals surface area contributed by atoms with Gasteiger partial charge in [-0.25, -0.2) is 5.84 Å². The van der Waals surface area contributed by atoms with Gasteiger partial charge in [-0.3, -0.25) is 10.2 Å². The maximum atomic E-state index is 11.4. The normalized spacial score (nSPS) is 10.6. The van der Waals surface area contributed by atoms with Gasteiger partial charge in [-0.1, -0.05) is 15.9 Å². The van der Waals surface area contributed by atoms with Crippen molar-refractivity contribution in [3.63, 3.8) is 0 Å². The van der Waals surface area contributed by atoms with Gasteiger partial charge < -0.3 is 10.2 Å². The molecule has 7 heteroatoms. The van der Waals surface area contributed by atoms with Gasteiger partial charge in [0.25, 0.3) is 0 Å². The van der Waals surface area contributed by atoms with E-state index in [-0.39, 0.29) is 5.76 Å². The molecule has 0 saturated carbocycles. The number of nitrogens with one attached hydrogen (secondary N) is 1. The molecule has 1 heterocycles. The number of hydrogen-bond acceptors (Lipinski definition) is 5. The monoisotopic (exact) mass is 355 g/mol. The van der Waals surface area contributed by atoms with E-state index in [9.17, 15) is 4.79 Å². The SMILES string of the molecule is Cc1oc(C(=O)NN)cc1CSc1ccc(Br)cc1N. The van der Waals surface area contributed by atoms with Crippen molar-refractivity contribution < 1.29 is 9.21 Å². The number of anilines is 1. The fourth-order valence-electron chi connectivity index (χ4n) is 1.65. The van der Waals surface area contributed by atoms with E-state index in [0.29, 0.717) is 17.2 Å². The Hall–Kier alpha value is -1.44. The summed E-state index contributed by atoms with van der Waals surface area (Å²) in [5.41, 5.74) is 9.64. The number of hydrogen-bond donors (Lipinski definition) is 3. The average Bonchev–Trinajstić information content (AvgIpc) is 2.78. The first-order valence-corrected chi connectivity index (χ1v) is 7.57. The number of amides is 1. The summed E-state index contributed by atoms with van der Waals surface area (Å²) in [5, 5.41) is 0. The summed E-state index contributed by atoms with van der Waals surface area (Å²) >= 11 is 4.96. The Balaban J connectivity index is 2.11. The topological polar surface area (TPSA) is 94.3 Å². The highest BCUT2D eigenvalue weighted by Crippen LogP contribution is 2.31. The van der Waals surface area contributed by atoms with Crippen LogP contribution in [0.5, 0.6) is 0 Å². The highest BCUT2D eigenvalue weighted by molar-refractivity contribution is 9.10. The summed E-state index contributed by atoms with van der Waals surface area (Å²) in [7, 11) is 0. The number of benzene rings is 1. The Morgan fingerprint density at radius 1 is 1.45 bits per heavy atom. The summed E-state index contributed by atoms with van der Waals surface area (Å²) in [4.78, 5) is 12.4. The fourth-order valence-corrected chi connectivity index (χ4v) is 3.02. The lowest BCUT2D eigenvalue weighted by atomic mass is 10.3. The zero-order chi connectivity index (χ0) is 14.7. The van der Waals surface area contributed by atoms with Crippen molar-refractivity contribution in [2.24, 2.45) is 5.84 Å². The number of furan rings is 1. The maximum absolute atomic E-state index is 11.4. The Morgan fingerprint density at radius 3 is 2.85 bits per heavy atom. The molecule has 0 aliphatic carbocycles. The molecule has 0 spiro atoms. The minimum atomic E-state index is -0.437. The van der Waals surface area contributed by atoms with Gasteiger partial charge in [0.15, 0.2) is 5.76 Å². The van der Waals surface area contributed by atoms with Crippen LogP contribution in [0.15, 0.2) is 38.1 Å². The molecule has 2 aromatic rings. The van der Waals surface area contributed by atoms with Crippen molar-refractivity contribution in [3.05, 3.63) is 45.8 Å². The number of hydrazine groups is 1. The van der Waals surface area contributed by atoms with Gasteiger partial charge >= 0.3 is 5.91 Å². The van der Waals surface area contributed by atoms with Gasteiger partial charge in [0.1, 0.15) is 5.76 Å². The molecular formula is C13H14BrN3O2S. The summed E-state index contributed by atoms with van der Waals surface area (Å²) in [6.45, 7) is 1.81. The van der Waals surface area contributed by atoms with Crippen molar-refractivity contribution in [2.45, 2.75) is 17.6 Å². The molecule has 1 amide bonds. The fraction of sp³-hybridized carbons (Fsp3) is 0.154. The van der Waals surface area contributed by atoms with Gasteiger partial charge in [0.2, 0.25) is 0 Å². The zero-order valence-electron chi connectivity index (χ0n) is 10.8. The van der Waals surface area contributed by atoms with Crippen molar-refractivity contribution >= 4 is 39.3 Å². The quantitative estimate of drug-likeness (QED) is 0.257. The smallest absolute Gasteiger partial charge is 0.300 e. The average molecular weight is 356 g/mol. The van der Waals surface area contributed by atoms with E-state index in [2.05, 4.69) is 15.9 Å². The molecule has 0 unspecified atom stereocenters. The molecule has 0 atom stereocenters. The van der Waals surface area contributed by atoms with Crippen molar-refractivity contribution in [2.75, 3.05) is 5.73 Å².